The Morgan fingerprint density at radius 2 is 2.18 bits per heavy atom. The molecule has 1 aliphatic heterocycles. The molecular weight excluding hydrogens is 424 g/mol. The smallest absolute Gasteiger partial charge is 0.387 e. The van der Waals surface area contributed by atoms with E-state index in [0.717, 1.165) is 39.8 Å². The standard InChI is InChI=1S/C19H17BrN6O2/c1-26-12-6-2-3-8-14(12)28-19(26)24-18-22-11-5-4-7-13(27)15(11)17(23-18)16-10(20)9-21-25-16/h2-3,6,8-9,17H,4-5,7H2,1H3,(H2,21,22,23,25,27)/p+1. The number of aliphatic imine (C=N–C) groups is 1. The summed E-state index contributed by atoms with van der Waals surface area (Å²) >= 11 is 3.50. The number of hydrogen-bond donors (Lipinski definition) is 3. The minimum absolute atomic E-state index is 0.123. The Kier molecular flexibility index (Phi) is 4.04. The first-order valence-electron chi connectivity index (χ1n) is 9.06. The van der Waals surface area contributed by atoms with Crippen LogP contribution in [0.15, 0.2) is 55.6 Å². The van der Waals surface area contributed by atoms with Crippen LogP contribution in [0.25, 0.3) is 11.1 Å². The molecule has 28 heavy (non-hydrogen) atoms. The van der Waals surface area contributed by atoms with Crippen molar-refractivity contribution in [3.05, 3.63) is 51.9 Å². The third-order valence-corrected chi connectivity index (χ3v) is 5.75. The maximum Gasteiger partial charge on any atom is 0.462 e. The first kappa shape index (κ1) is 17.2. The molecule has 0 amide bonds. The van der Waals surface area contributed by atoms with E-state index in [1.54, 1.807) is 6.20 Å². The topological polar surface area (TPSA) is 99.2 Å². The highest BCUT2D eigenvalue weighted by molar-refractivity contribution is 9.10. The number of guanidine groups is 1. The van der Waals surface area contributed by atoms with E-state index in [2.05, 4.69) is 36.8 Å². The van der Waals surface area contributed by atoms with E-state index in [1.165, 1.54) is 0 Å². The van der Waals surface area contributed by atoms with E-state index in [0.29, 0.717) is 24.0 Å². The van der Waals surface area contributed by atoms with Gasteiger partial charge in [-0.25, -0.2) is 4.99 Å². The number of aromatic amines is 1. The van der Waals surface area contributed by atoms with Crippen LogP contribution in [-0.4, -0.2) is 21.9 Å². The number of nitrogens with one attached hydrogen (secondary N) is 3. The van der Waals surface area contributed by atoms with Crippen molar-refractivity contribution in [2.75, 3.05) is 5.32 Å². The Hall–Kier alpha value is -2.94. The molecule has 0 bridgehead atoms. The molecular formula is C19H18BrN6O2+. The summed E-state index contributed by atoms with van der Waals surface area (Å²) in [6.07, 6.45) is 3.84. The number of oxazole rings is 1. The predicted octanol–water partition coefficient (Wildman–Crippen LogP) is 2.86. The van der Waals surface area contributed by atoms with Crippen LogP contribution in [0.2, 0.25) is 0 Å². The van der Waals surface area contributed by atoms with Gasteiger partial charge in [0, 0.05) is 17.7 Å². The molecule has 0 saturated carbocycles. The third kappa shape index (κ3) is 2.73. The van der Waals surface area contributed by atoms with Crippen molar-refractivity contribution in [1.29, 1.82) is 0 Å². The van der Waals surface area contributed by atoms with Crippen LogP contribution in [0.3, 0.4) is 0 Å². The minimum Gasteiger partial charge on any atom is -0.387 e. The molecule has 8 nitrogen and oxygen atoms in total. The lowest BCUT2D eigenvalue weighted by Gasteiger charge is -2.28. The van der Waals surface area contributed by atoms with Gasteiger partial charge in [-0.2, -0.15) is 15.0 Å². The van der Waals surface area contributed by atoms with Crippen molar-refractivity contribution < 1.29 is 13.8 Å². The number of allylic oxidation sites excluding steroid dienone is 1. The zero-order valence-corrected chi connectivity index (χ0v) is 16.7. The van der Waals surface area contributed by atoms with Crippen molar-refractivity contribution in [3.8, 4) is 0 Å². The number of carbonyl (C=O) groups is 1. The summed E-state index contributed by atoms with van der Waals surface area (Å²) in [6, 6.07) is 7.92. The number of benzene rings is 1. The van der Waals surface area contributed by atoms with Crippen molar-refractivity contribution in [3.63, 3.8) is 0 Å². The van der Waals surface area contributed by atoms with E-state index in [9.17, 15) is 4.79 Å². The second-order valence-corrected chi connectivity index (χ2v) is 7.72. The summed E-state index contributed by atoms with van der Waals surface area (Å²) in [6.45, 7) is 0. The molecule has 2 aliphatic rings. The Morgan fingerprint density at radius 3 is 2.96 bits per heavy atom. The van der Waals surface area contributed by atoms with Gasteiger partial charge in [-0.3, -0.25) is 9.89 Å². The van der Waals surface area contributed by atoms with Gasteiger partial charge >= 0.3 is 6.01 Å². The lowest BCUT2D eigenvalue weighted by molar-refractivity contribution is -0.633. The van der Waals surface area contributed by atoms with Crippen LogP contribution in [0, 0.1) is 0 Å². The molecule has 1 aliphatic carbocycles. The van der Waals surface area contributed by atoms with Gasteiger partial charge < -0.3 is 9.73 Å². The monoisotopic (exact) mass is 441 g/mol. The van der Waals surface area contributed by atoms with Gasteiger partial charge in [0.15, 0.2) is 16.9 Å². The van der Waals surface area contributed by atoms with Crippen molar-refractivity contribution in [2.45, 2.75) is 25.3 Å². The highest BCUT2D eigenvalue weighted by Crippen LogP contribution is 2.37. The number of halogens is 1. The van der Waals surface area contributed by atoms with Crippen LogP contribution in [0.5, 0.6) is 0 Å². The predicted molar refractivity (Wildman–Crippen MR) is 106 cm³/mol. The SMILES string of the molecule is C[n+]1c(NC2=NC(c3[nH]ncc3Br)C3=C(CCCC3=O)N2)oc2ccccc21. The Balaban J connectivity index is 1.55. The van der Waals surface area contributed by atoms with Gasteiger partial charge in [-0.05, 0) is 40.9 Å². The van der Waals surface area contributed by atoms with E-state index < -0.39 is 6.04 Å². The fourth-order valence-corrected chi connectivity index (χ4v) is 4.15. The van der Waals surface area contributed by atoms with Gasteiger partial charge in [0.1, 0.15) is 6.04 Å². The van der Waals surface area contributed by atoms with Crippen LogP contribution in [-0.2, 0) is 11.8 Å². The van der Waals surface area contributed by atoms with E-state index in [4.69, 9.17) is 9.41 Å². The molecule has 0 fully saturated rings. The molecule has 142 valence electrons. The fraction of sp³-hybridized carbons (Fsp3) is 0.263. The molecule has 5 rings (SSSR count). The molecule has 3 aromatic rings. The maximum atomic E-state index is 12.6. The number of rotatable bonds is 2. The first-order valence-corrected chi connectivity index (χ1v) is 9.85. The number of H-pyrrole nitrogens is 1. The molecule has 0 radical (unpaired) electrons. The molecule has 2 aromatic heterocycles. The number of carbonyl (C=O) groups excluding carboxylic acids is 1. The van der Waals surface area contributed by atoms with Gasteiger partial charge in [-0.1, -0.05) is 12.1 Å². The first-order chi connectivity index (χ1) is 13.6. The number of para-hydroxylation sites is 2. The Labute approximate surface area is 168 Å². The number of Topliss-reactive ketones (excluding diaryl/α,β-unsaturated/α-hetero) is 1. The summed E-state index contributed by atoms with van der Waals surface area (Å²) in [7, 11) is 1.93. The summed E-state index contributed by atoms with van der Waals surface area (Å²) in [5.74, 6) is 0.659. The van der Waals surface area contributed by atoms with Crippen molar-refractivity contribution in [1.82, 2.24) is 15.5 Å². The normalized spacial score (nSPS) is 19.4. The molecule has 0 spiro atoms. The molecule has 9 heteroatoms. The van der Waals surface area contributed by atoms with Crippen LogP contribution in [0.1, 0.15) is 31.0 Å². The van der Waals surface area contributed by atoms with Gasteiger partial charge in [0.2, 0.25) is 0 Å². The van der Waals surface area contributed by atoms with Crippen molar-refractivity contribution in [2.24, 2.45) is 12.0 Å². The number of aromatic nitrogens is 3. The molecule has 0 saturated heterocycles. The summed E-state index contributed by atoms with van der Waals surface area (Å²) in [4.78, 5) is 17.4. The number of ketones is 1. The molecule has 1 unspecified atom stereocenters. The van der Waals surface area contributed by atoms with E-state index in [1.807, 2.05) is 35.9 Å². The average Bonchev–Trinajstić information content (AvgIpc) is 3.25. The molecule has 3 heterocycles. The largest absolute Gasteiger partial charge is 0.462 e. The average molecular weight is 442 g/mol. The van der Waals surface area contributed by atoms with Crippen molar-refractivity contribution >= 4 is 44.8 Å². The molecule has 1 aromatic carbocycles. The fourth-order valence-electron chi connectivity index (χ4n) is 3.74. The number of anilines is 1. The highest BCUT2D eigenvalue weighted by atomic mass is 79.9. The zero-order chi connectivity index (χ0) is 19.3. The molecule has 3 N–H and O–H groups in total. The zero-order valence-electron chi connectivity index (χ0n) is 15.1. The van der Waals surface area contributed by atoms with Crippen LogP contribution < -0.4 is 15.2 Å². The second kappa shape index (κ2) is 6.59. The summed E-state index contributed by atoms with van der Waals surface area (Å²) in [5, 5.41) is 13.6. The number of aryl methyl sites for hydroxylation is 1. The number of hydrogen-bond acceptors (Lipinski definition) is 6. The lowest BCUT2D eigenvalue weighted by Crippen LogP contribution is -2.41. The second-order valence-electron chi connectivity index (χ2n) is 6.86. The quantitative estimate of drug-likeness (QED) is 0.531. The number of fused-ring (bicyclic) bond motifs is 1. The van der Waals surface area contributed by atoms with Gasteiger partial charge in [0.25, 0.3) is 5.96 Å². The minimum atomic E-state index is -0.446. The van der Waals surface area contributed by atoms with Crippen LogP contribution in [0.4, 0.5) is 6.01 Å². The van der Waals surface area contributed by atoms with E-state index >= 15 is 0 Å². The number of nitrogens with zero attached hydrogens (tertiary/aromatic N) is 3. The maximum absolute atomic E-state index is 12.6. The van der Waals surface area contributed by atoms with Gasteiger partial charge in [0.05, 0.1) is 23.4 Å². The highest BCUT2D eigenvalue weighted by Gasteiger charge is 2.36. The lowest BCUT2D eigenvalue weighted by atomic mass is 9.88. The van der Waals surface area contributed by atoms with E-state index in [-0.39, 0.29) is 5.78 Å². The summed E-state index contributed by atoms with van der Waals surface area (Å²) in [5.41, 5.74) is 4.12. The van der Waals surface area contributed by atoms with Gasteiger partial charge in [-0.15, -0.1) is 0 Å². The van der Waals surface area contributed by atoms with Crippen LogP contribution >= 0.6 is 15.9 Å². The summed E-state index contributed by atoms with van der Waals surface area (Å²) < 4.78 is 8.65. The Morgan fingerprint density at radius 1 is 1.32 bits per heavy atom. The molecule has 1 atom stereocenters. The third-order valence-electron chi connectivity index (χ3n) is 5.11. The Bertz CT molecular complexity index is 1160.